The Kier molecular flexibility index (Phi) is 8.58. The van der Waals surface area contributed by atoms with Crippen molar-refractivity contribution >= 4 is 31.5 Å². The molecule has 0 bridgehead atoms. The van der Waals surface area contributed by atoms with Gasteiger partial charge in [-0.25, -0.2) is 15.0 Å². The molecule has 2 heterocycles. The largest absolute Gasteiger partial charge is 0.208 e. The van der Waals surface area contributed by atoms with E-state index in [1.807, 2.05) is 29.5 Å². The summed E-state index contributed by atoms with van der Waals surface area (Å²) in [5.41, 5.74) is 14.5. The maximum atomic E-state index is 5.20. The van der Waals surface area contributed by atoms with Crippen LogP contribution in [0.5, 0.6) is 0 Å². The number of hydrogen-bond acceptors (Lipinski definition) is 4. The van der Waals surface area contributed by atoms with Crippen LogP contribution in [0.25, 0.3) is 87.7 Å². The fourth-order valence-electron chi connectivity index (χ4n) is 9.57. The molecule has 0 saturated heterocycles. The molecule has 11 aromatic rings. The lowest BCUT2D eigenvalue weighted by Crippen LogP contribution is -2.28. The molecule has 9 aromatic carbocycles. The van der Waals surface area contributed by atoms with Gasteiger partial charge in [-0.2, -0.15) is 0 Å². The topological polar surface area (TPSA) is 38.7 Å². The second kappa shape index (κ2) is 14.7. The highest BCUT2D eigenvalue weighted by Gasteiger charge is 2.46. The van der Waals surface area contributed by atoms with Gasteiger partial charge in [0, 0.05) is 36.9 Å². The van der Waals surface area contributed by atoms with Gasteiger partial charge in [-0.3, -0.25) is 0 Å². The molecule has 0 aliphatic heterocycles. The minimum absolute atomic E-state index is 0.470. The Hall–Kier alpha value is -7.79. The number of hydrogen-bond donors (Lipinski definition) is 0. The standard InChI is InChI=1S/C58H37N3S/c1-4-15-41(16-5-1)55-59-56(42-33-29-39(30-34-42)38-27-31-40(32-28-38)46-23-14-24-49-48-22-11-13-26-53(48)62-54(46)49)61-57(60-55)43-35-36-52-50(37-43)47-21-10-12-25-51(47)58(52,44-17-6-2-7-18-44)45-19-8-3-9-20-45/h1-37H. The molecule has 0 saturated carbocycles. The van der Waals surface area contributed by atoms with E-state index in [1.54, 1.807) is 0 Å². The van der Waals surface area contributed by atoms with Crippen molar-refractivity contribution in [3.8, 4) is 67.5 Å². The molecule has 4 heteroatoms. The van der Waals surface area contributed by atoms with Crippen LogP contribution in [0.15, 0.2) is 224 Å². The molecule has 12 rings (SSSR count). The monoisotopic (exact) mass is 807 g/mol. The minimum atomic E-state index is -0.470. The second-order valence-corrected chi connectivity index (χ2v) is 16.9. The summed E-state index contributed by atoms with van der Waals surface area (Å²) in [6.45, 7) is 0. The van der Waals surface area contributed by atoms with Crippen LogP contribution < -0.4 is 0 Å². The van der Waals surface area contributed by atoms with E-state index in [0.717, 1.165) is 27.8 Å². The molecule has 0 fully saturated rings. The van der Waals surface area contributed by atoms with Crippen molar-refractivity contribution in [2.24, 2.45) is 0 Å². The number of nitrogens with zero attached hydrogens (tertiary/aromatic N) is 3. The van der Waals surface area contributed by atoms with Gasteiger partial charge in [-0.15, -0.1) is 11.3 Å². The van der Waals surface area contributed by atoms with Crippen LogP contribution in [0, 0.1) is 0 Å². The molecule has 0 atom stereocenters. The van der Waals surface area contributed by atoms with Gasteiger partial charge in [0.25, 0.3) is 0 Å². The SMILES string of the molecule is c1ccc(-c2nc(-c3ccc(-c4ccc(-c5cccc6c5sc5ccccc56)cc4)cc3)nc(-c3ccc4c(c3)-c3ccccc3C4(c3ccccc3)c3ccccc3)n2)cc1. The molecule has 3 nitrogen and oxygen atoms in total. The average Bonchev–Trinajstić information content (AvgIpc) is 3.89. The zero-order valence-electron chi connectivity index (χ0n) is 33.6. The number of aromatic nitrogens is 3. The summed E-state index contributed by atoms with van der Waals surface area (Å²) in [6, 6.07) is 80.4. The van der Waals surface area contributed by atoms with E-state index in [-0.39, 0.29) is 0 Å². The van der Waals surface area contributed by atoms with Gasteiger partial charge >= 0.3 is 0 Å². The van der Waals surface area contributed by atoms with Crippen LogP contribution >= 0.6 is 11.3 Å². The van der Waals surface area contributed by atoms with Gasteiger partial charge in [-0.1, -0.05) is 212 Å². The molecule has 0 radical (unpaired) electrons. The van der Waals surface area contributed by atoms with Gasteiger partial charge in [-0.05, 0) is 67.8 Å². The Bertz CT molecular complexity index is 3390. The zero-order valence-corrected chi connectivity index (χ0v) is 34.4. The normalized spacial score (nSPS) is 12.6. The Morgan fingerprint density at radius 3 is 1.45 bits per heavy atom. The third-order valence-electron chi connectivity index (χ3n) is 12.5. The first-order chi connectivity index (χ1) is 30.7. The third-order valence-corrected chi connectivity index (χ3v) is 13.7. The third kappa shape index (κ3) is 5.83. The molecular formula is C58H37N3S. The zero-order chi connectivity index (χ0) is 41.0. The molecule has 0 unspecified atom stereocenters. The predicted octanol–water partition coefficient (Wildman–Crippen LogP) is 14.9. The van der Waals surface area contributed by atoms with Gasteiger partial charge in [0.15, 0.2) is 17.5 Å². The van der Waals surface area contributed by atoms with E-state index in [1.165, 1.54) is 64.7 Å². The van der Waals surface area contributed by atoms with Crippen molar-refractivity contribution in [2.75, 3.05) is 0 Å². The molecule has 1 aliphatic rings. The second-order valence-electron chi connectivity index (χ2n) is 15.9. The first-order valence-corrected chi connectivity index (χ1v) is 21.8. The molecule has 0 spiro atoms. The minimum Gasteiger partial charge on any atom is -0.208 e. The average molecular weight is 808 g/mol. The lowest BCUT2D eigenvalue weighted by Gasteiger charge is -2.33. The molecule has 2 aromatic heterocycles. The summed E-state index contributed by atoms with van der Waals surface area (Å²) >= 11 is 1.87. The van der Waals surface area contributed by atoms with Gasteiger partial charge in [0.05, 0.1) is 5.41 Å². The van der Waals surface area contributed by atoms with Crippen LogP contribution in [-0.2, 0) is 5.41 Å². The Morgan fingerprint density at radius 1 is 0.306 bits per heavy atom. The molecule has 290 valence electrons. The number of fused-ring (bicyclic) bond motifs is 6. The smallest absolute Gasteiger partial charge is 0.164 e. The van der Waals surface area contributed by atoms with E-state index in [0.29, 0.717) is 17.5 Å². The van der Waals surface area contributed by atoms with Gasteiger partial charge in [0.2, 0.25) is 0 Å². The van der Waals surface area contributed by atoms with Crippen LogP contribution in [0.4, 0.5) is 0 Å². The Labute approximate surface area is 364 Å². The molecule has 1 aliphatic carbocycles. The quantitative estimate of drug-likeness (QED) is 0.161. The summed E-state index contributed by atoms with van der Waals surface area (Å²) in [4.78, 5) is 15.4. The highest BCUT2D eigenvalue weighted by molar-refractivity contribution is 7.26. The van der Waals surface area contributed by atoms with E-state index in [2.05, 4.69) is 206 Å². The highest BCUT2D eigenvalue weighted by atomic mass is 32.1. The maximum absolute atomic E-state index is 5.20. The number of benzene rings is 9. The van der Waals surface area contributed by atoms with Crippen molar-refractivity contribution in [1.82, 2.24) is 15.0 Å². The molecule has 0 amide bonds. The summed E-state index contributed by atoms with van der Waals surface area (Å²) < 4.78 is 2.65. The first kappa shape index (κ1) is 36.1. The fourth-order valence-corrected chi connectivity index (χ4v) is 10.8. The predicted molar refractivity (Wildman–Crippen MR) is 257 cm³/mol. The van der Waals surface area contributed by atoms with E-state index < -0.39 is 5.41 Å². The van der Waals surface area contributed by atoms with E-state index in [4.69, 9.17) is 15.0 Å². The summed E-state index contributed by atoms with van der Waals surface area (Å²) in [5, 5.41) is 2.63. The van der Waals surface area contributed by atoms with Crippen molar-refractivity contribution in [3.05, 3.63) is 247 Å². The van der Waals surface area contributed by atoms with E-state index in [9.17, 15) is 0 Å². The maximum Gasteiger partial charge on any atom is 0.164 e. The highest BCUT2D eigenvalue weighted by Crippen LogP contribution is 2.56. The molecular weight excluding hydrogens is 771 g/mol. The Morgan fingerprint density at radius 2 is 0.774 bits per heavy atom. The first-order valence-electron chi connectivity index (χ1n) is 21.0. The molecule has 62 heavy (non-hydrogen) atoms. The van der Waals surface area contributed by atoms with Crippen LogP contribution in [0.2, 0.25) is 0 Å². The molecule has 0 N–H and O–H groups in total. The summed E-state index contributed by atoms with van der Waals surface area (Å²) in [5.74, 6) is 1.91. The number of thiophene rings is 1. The lowest BCUT2D eigenvalue weighted by atomic mass is 9.67. The van der Waals surface area contributed by atoms with Gasteiger partial charge < -0.3 is 0 Å². The van der Waals surface area contributed by atoms with Gasteiger partial charge in [0.1, 0.15) is 0 Å². The fraction of sp³-hybridized carbons (Fsp3) is 0.0172. The van der Waals surface area contributed by atoms with Crippen molar-refractivity contribution in [3.63, 3.8) is 0 Å². The van der Waals surface area contributed by atoms with Crippen LogP contribution in [0.1, 0.15) is 22.3 Å². The van der Waals surface area contributed by atoms with Crippen LogP contribution in [-0.4, -0.2) is 15.0 Å². The summed E-state index contributed by atoms with van der Waals surface area (Å²) in [7, 11) is 0. The van der Waals surface area contributed by atoms with Crippen molar-refractivity contribution in [2.45, 2.75) is 5.41 Å². The van der Waals surface area contributed by atoms with Crippen molar-refractivity contribution in [1.29, 1.82) is 0 Å². The van der Waals surface area contributed by atoms with E-state index >= 15 is 0 Å². The van der Waals surface area contributed by atoms with Crippen LogP contribution in [0.3, 0.4) is 0 Å². The number of rotatable bonds is 7. The Balaban J connectivity index is 0.930. The van der Waals surface area contributed by atoms with Crippen molar-refractivity contribution < 1.29 is 0 Å². The lowest BCUT2D eigenvalue weighted by molar-refractivity contribution is 0.768. The summed E-state index contributed by atoms with van der Waals surface area (Å²) in [6.07, 6.45) is 0.